The van der Waals surface area contributed by atoms with Gasteiger partial charge in [-0.15, -0.1) is 0 Å². The third-order valence-corrected chi connectivity index (χ3v) is 7.25. The minimum absolute atomic E-state index is 0. The average Bonchev–Trinajstić information content (AvgIpc) is 3.52. The van der Waals surface area contributed by atoms with Gasteiger partial charge in [0.15, 0.2) is 17.4 Å². The molecular weight excluding hydrogens is 622 g/mol. The van der Waals surface area contributed by atoms with Crippen molar-refractivity contribution in [2.24, 2.45) is 0 Å². The molecule has 3 aliphatic heterocycles. The van der Waals surface area contributed by atoms with E-state index in [-0.39, 0.29) is 43.6 Å². The molecular formula is C28H42AlBr2LiN2O4. The Labute approximate surface area is 269 Å². The Hall–Kier alpha value is -0.160. The van der Waals surface area contributed by atoms with Gasteiger partial charge < -0.3 is 20.5 Å². The van der Waals surface area contributed by atoms with E-state index in [1.54, 1.807) is 0 Å². The van der Waals surface area contributed by atoms with Crippen molar-refractivity contribution in [2.45, 2.75) is 25.7 Å². The van der Waals surface area contributed by atoms with E-state index in [2.05, 4.69) is 61.0 Å². The summed E-state index contributed by atoms with van der Waals surface area (Å²) in [5, 5.41) is 0. The van der Waals surface area contributed by atoms with Gasteiger partial charge in [0, 0.05) is 54.9 Å². The third kappa shape index (κ3) is 15.0. The zero-order valence-electron chi connectivity index (χ0n) is 23.0. The maximum atomic E-state index is 11.9. The minimum Gasteiger partial charge on any atom is -1.00 e. The smallest absolute Gasteiger partial charge is 1.00 e. The Morgan fingerprint density at radius 2 is 1.16 bits per heavy atom. The van der Waals surface area contributed by atoms with Gasteiger partial charge >= 0.3 is 18.9 Å². The van der Waals surface area contributed by atoms with Crippen molar-refractivity contribution in [3.8, 4) is 0 Å². The quantitative estimate of drug-likeness (QED) is 0.446. The molecule has 6 nitrogen and oxygen atoms in total. The molecule has 206 valence electrons. The average molecular weight is 664 g/mol. The number of rotatable bonds is 5. The van der Waals surface area contributed by atoms with Crippen LogP contribution in [0.3, 0.4) is 0 Å². The Morgan fingerprint density at radius 1 is 0.711 bits per heavy atom. The molecule has 0 atom stereocenters. The molecule has 3 fully saturated rings. The van der Waals surface area contributed by atoms with Crippen molar-refractivity contribution >= 4 is 55.1 Å². The maximum Gasteiger partial charge on any atom is 1.00 e. The summed E-state index contributed by atoms with van der Waals surface area (Å²) in [5.74, 6) is 0.186. The molecule has 3 heterocycles. The molecule has 3 saturated heterocycles. The summed E-state index contributed by atoms with van der Waals surface area (Å²) in [6.45, 7) is 9.83. The van der Waals surface area contributed by atoms with Gasteiger partial charge in [-0.2, -0.15) is 0 Å². The third-order valence-electron chi connectivity index (χ3n) is 6.19. The van der Waals surface area contributed by atoms with Gasteiger partial charge in [0.1, 0.15) is 0 Å². The Bertz CT molecular complexity index is 877. The van der Waals surface area contributed by atoms with Crippen LogP contribution in [-0.2, 0) is 31.8 Å². The van der Waals surface area contributed by atoms with E-state index < -0.39 is 0 Å². The molecule has 0 bridgehead atoms. The first-order valence-corrected chi connectivity index (χ1v) is 14.4. The molecule has 0 unspecified atom stereocenters. The van der Waals surface area contributed by atoms with Gasteiger partial charge in [-0.1, -0.05) is 56.1 Å². The van der Waals surface area contributed by atoms with E-state index in [0.29, 0.717) is 19.6 Å². The van der Waals surface area contributed by atoms with Crippen molar-refractivity contribution in [1.82, 2.24) is 9.80 Å². The van der Waals surface area contributed by atoms with Crippen LogP contribution in [-0.4, -0.2) is 105 Å². The number of benzene rings is 2. The van der Waals surface area contributed by atoms with Crippen LogP contribution in [0.5, 0.6) is 0 Å². The van der Waals surface area contributed by atoms with E-state index >= 15 is 0 Å². The van der Waals surface area contributed by atoms with Crippen LogP contribution >= 0.6 is 31.9 Å². The molecule has 0 radical (unpaired) electrons. The number of carbonyl (C=O) groups excluding carboxylic acids is 1. The zero-order valence-corrected chi connectivity index (χ0v) is 25.2. The predicted molar refractivity (Wildman–Crippen MR) is 161 cm³/mol. The molecule has 2 aromatic carbocycles. The van der Waals surface area contributed by atoms with Crippen molar-refractivity contribution < 1.29 is 39.3 Å². The SMILES string of the molecule is Brc1ccc(CCN2CCOCC2)cc1.C1CCOC1.O=C(Cc1ccc(Br)cc1)N1CCOCC1.[AlH3].[H-].[Li+]. The van der Waals surface area contributed by atoms with E-state index in [0.717, 1.165) is 80.1 Å². The molecule has 10 heteroatoms. The van der Waals surface area contributed by atoms with Crippen molar-refractivity contribution in [3.63, 3.8) is 0 Å². The second-order valence-electron chi connectivity index (χ2n) is 8.95. The normalized spacial score (nSPS) is 17.1. The number of halogens is 2. The molecule has 3 aliphatic rings. The number of hydrogen-bond acceptors (Lipinski definition) is 5. The van der Waals surface area contributed by atoms with Gasteiger partial charge in [-0.25, -0.2) is 0 Å². The molecule has 1 amide bonds. The van der Waals surface area contributed by atoms with Crippen molar-refractivity contribution in [3.05, 3.63) is 68.6 Å². The van der Waals surface area contributed by atoms with Crippen molar-refractivity contribution in [2.75, 3.05) is 72.4 Å². The van der Waals surface area contributed by atoms with E-state index in [9.17, 15) is 4.79 Å². The molecule has 0 aromatic heterocycles. The Morgan fingerprint density at radius 3 is 1.63 bits per heavy atom. The summed E-state index contributed by atoms with van der Waals surface area (Å²) in [6.07, 6.45) is 4.17. The molecule has 0 spiro atoms. The minimum atomic E-state index is 0. The second kappa shape index (κ2) is 21.6. The van der Waals surface area contributed by atoms with Gasteiger partial charge in [0.2, 0.25) is 5.91 Å². The Balaban J connectivity index is 0.000000590. The van der Waals surface area contributed by atoms with Crippen molar-refractivity contribution in [1.29, 1.82) is 0 Å². The standard InChI is InChI=1S/C12H14BrNO2.C12H16BrNO.C4H8O.Al.Li.4H/c13-11-3-1-10(2-4-11)9-12(15)14-5-7-16-8-6-14;13-12-3-1-11(2-4-12)5-6-14-7-9-15-10-8-14;1-2-4-5-3-1;;;;;;/h1-4H,5-9H2;1-4H,5-10H2;1-4H2;;;;;;/q;;;;+1;;;;-1. The monoisotopic (exact) mass is 662 g/mol. The van der Waals surface area contributed by atoms with Gasteiger partial charge in [-0.3, -0.25) is 9.69 Å². The predicted octanol–water partition coefficient (Wildman–Crippen LogP) is 0.904. The van der Waals surface area contributed by atoms with Crippen LogP contribution < -0.4 is 18.9 Å². The first kappa shape index (κ1) is 35.9. The molecule has 0 N–H and O–H groups in total. The number of amides is 1. The summed E-state index contributed by atoms with van der Waals surface area (Å²) in [6, 6.07) is 16.5. The summed E-state index contributed by atoms with van der Waals surface area (Å²) >= 11 is 6.82. The van der Waals surface area contributed by atoms with Crippen LogP contribution in [0.2, 0.25) is 0 Å². The zero-order chi connectivity index (χ0) is 25.4. The molecule has 0 saturated carbocycles. The second-order valence-corrected chi connectivity index (χ2v) is 10.8. The fourth-order valence-corrected chi connectivity index (χ4v) is 4.50. The molecule has 38 heavy (non-hydrogen) atoms. The largest absolute Gasteiger partial charge is 1.00 e. The first-order valence-electron chi connectivity index (χ1n) is 12.8. The van der Waals surface area contributed by atoms with E-state index in [4.69, 9.17) is 14.2 Å². The van der Waals surface area contributed by atoms with E-state index in [1.165, 1.54) is 18.4 Å². The number of ether oxygens (including phenoxy) is 3. The van der Waals surface area contributed by atoms with Crippen LogP contribution in [0.4, 0.5) is 0 Å². The van der Waals surface area contributed by atoms with E-state index in [1.807, 2.05) is 29.2 Å². The summed E-state index contributed by atoms with van der Waals surface area (Å²) < 4.78 is 17.7. The molecule has 0 aliphatic carbocycles. The topological polar surface area (TPSA) is 51.2 Å². The number of nitrogens with zero attached hydrogens (tertiary/aromatic N) is 2. The van der Waals surface area contributed by atoms with Crippen LogP contribution in [0.15, 0.2) is 57.5 Å². The number of hydrogen-bond donors (Lipinski definition) is 0. The summed E-state index contributed by atoms with van der Waals surface area (Å²) in [5.41, 5.74) is 2.46. The summed E-state index contributed by atoms with van der Waals surface area (Å²) in [7, 11) is 0. The fourth-order valence-electron chi connectivity index (χ4n) is 3.97. The molecule has 2 aromatic rings. The van der Waals surface area contributed by atoms with Gasteiger partial charge in [0.25, 0.3) is 0 Å². The van der Waals surface area contributed by atoms with Crippen LogP contribution in [0.1, 0.15) is 25.4 Å². The molecule has 5 rings (SSSR count). The maximum absolute atomic E-state index is 11.9. The number of morpholine rings is 2. The van der Waals surface area contributed by atoms with Gasteiger partial charge in [-0.05, 0) is 54.7 Å². The fraction of sp³-hybridized carbons (Fsp3) is 0.536. The van der Waals surface area contributed by atoms with Gasteiger partial charge in [0.05, 0.1) is 32.8 Å². The Kier molecular flexibility index (Phi) is 20.4. The first-order chi connectivity index (χ1) is 17.6. The number of carbonyl (C=O) groups is 1. The van der Waals surface area contributed by atoms with Crippen LogP contribution in [0, 0.1) is 0 Å². The summed E-state index contributed by atoms with van der Waals surface area (Å²) in [4.78, 5) is 16.2. The van der Waals surface area contributed by atoms with Crippen LogP contribution in [0.25, 0.3) is 0 Å².